The van der Waals surface area contributed by atoms with Gasteiger partial charge >= 0.3 is 0 Å². The van der Waals surface area contributed by atoms with Crippen molar-refractivity contribution >= 4 is 0 Å². The molecule has 0 bridgehead atoms. The van der Waals surface area contributed by atoms with Gasteiger partial charge in [0.05, 0.1) is 0 Å². The van der Waals surface area contributed by atoms with Crippen molar-refractivity contribution in [1.29, 1.82) is 0 Å². The Hall–Kier alpha value is -0.800. The Morgan fingerprint density at radius 2 is 2.54 bits per heavy atom. The van der Waals surface area contributed by atoms with Gasteiger partial charge in [0.25, 0.3) is 0 Å². The molecular weight excluding hydrogens is 166 g/mol. The first-order chi connectivity index (χ1) is 6.40. The van der Waals surface area contributed by atoms with Gasteiger partial charge in [0.2, 0.25) is 0 Å². The fourth-order valence-corrected chi connectivity index (χ4v) is 1.73. The van der Waals surface area contributed by atoms with Gasteiger partial charge in [-0.1, -0.05) is 0 Å². The highest BCUT2D eigenvalue weighted by atomic mass is 16.5. The second-order valence-electron chi connectivity index (χ2n) is 3.43. The maximum absolute atomic E-state index is 5.64. The van der Waals surface area contributed by atoms with E-state index in [4.69, 9.17) is 9.15 Å². The first-order valence-electron chi connectivity index (χ1n) is 4.68. The van der Waals surface area contributed by atoms with Crippen LogP contribution in [-0.2, 0) is 11.3 Å². The van der Waals surface area contributed by atoms with Gasteiger partial charge in [-0.2, -0.15) is 0 Å². The summed E-state index contributed by atoms with van der Waals surface area (Å²) in [5.74, 6) is 2.58. The molecule has 0 aromatic carbocycles. The molecule has 1 aromatic rings. The molecule has 0 saturated carbocycles. The molecule has 72 valence electrons. The van der Waals surface area contributed by atoms with E-state index >= 15 is 0 Å². The molecule has 2 heterocycles. The molecule has 3 heteroatoms. The monoisotopic (exact) mass is 181 g/mol. The van der Waals surface area contributed by atoms with E-state index in [0.717, 1.165) is 24.6 Å². The van der Waals surface area contributed by atoms with Gasteiger partial charge in [-0.25, -0.2) is 0 Å². The number of furan rings is 1. The standard InChI is InChI=1S/C10H15NO2/c1-12-7-9-2-3-10(13-9)8-4-5-11-6-8/h2-3,8,11H,4-7H2,1H3. The van der Waals surface area contributed by atoms with Crippen molar-refractivity contribution < 1.29 is 9.15 Å². The Labute approximate surface area is 78.1 Å². The summed E-state index contributed by atoms with van der Waals surface area (Å²) in [6, 6.07) is 4.06. The van der Waals surface area contributed by atoms with E-state index in [9.17, 15) is 0 Å². The highest BCUT2D eigenvalue weighted by Crippen LogP contribution is 2.24. The first kappa shape index (κ1) is 8.78. The second kappa shape index (κ2) is 3.94. The number of rotatable bonds is 3. The smallest absolute Gasteiger partial charge is 0.129 e. The Balaban J connectivity index is 2.03. The van der Waals surface area contributed by atoms with Crippen molar-refractivity contribution in [1.82, 2.24) is 5.32 Å². The van der Waals surface area contributed by atoms with E-state index in [1.165, 1.54) is 6.42 Å². The lowest BCUT2D eigenvalue weighted by atomic mass is 10.1. The lowest BCUT2D eigenvalue weighted by Gasteiger charge is -2.02. The molecule has 13 heavy (non-hydrogen) atoms. The minimum absolute atomic E-state index is 0.561. The van der Waals surface area contributed by atoms with Crippen molar-refractivity contribution in [2.45, 2.75) is 18.9 Å². The van der Waals surface area contributed by atoms with E-state index in [0.29, 0.717) is 12.5 Å². The topological polar surface area (TPSA) is 34.4 Å². The first-order valence-corrected chi connectivity index (χ1v) is 4.68. The van der Waals surface area contributed by atoms with Gasteiger partial charge in [-0.3, -0.25) is 0 Å². The predicted octanol–water partition coefficient (Wildman–Crippen LogP) is 1.50. The lowest BCUT2D eigenvalue weighted by molar-refractivity contribution is 0.162. The molecule has 1 saturated heterocycles. The van der Waals surface area contributed by atoms with Crippen LogP contribution in [0.25, 0.3) is 0 Å². The third-order valence-electron chi connectivity index (χ3n) is 2.43. The summed E-state index contributed by atoms with van der Waals surface area (Å²) in [6.45, 7) is 2.71. The van der Waals surface area contributed by atoms with E-state index < -0.39 is 0 Å². The maximum atomic E-state index is 5.64. The van der Waals surface area contributed by atoms with Crippen molar-refractivity contribution in [3.63, 3.8) is 0 Å². The van der Waals surface area contributed by atoms with Crippen LogP contribution in [0.15, 0.2) is 16.5 Å². The molecule has 0 spiro atoms. The van der Waals surface area contributed by atoms with Crippen LogP contribution in [0.5, 0.6) is 0 Å². The molecule has 1 aliphatic rings. The summed E-state index contributed by atoms with van der Waals surface area (Å²) in [5, 5.41) is 3.32. The average Bonchev–Trinajstić information content (AvgIpc) is 2.70. The van der Waals surface area contributed by atoms with Crippen LogP contribution in [0.1, 0.15) is 23.9 Å². The molecule has 2 rings (SSSR count). The highest BCUT2D eigenvalue weighted by molar-refractivity contribution is 5.12. The number of hydrogen-bond donors (Lipinski definition) is 1. The minimum Gasteiger partial charge on any atom is -0.463 e. The quantitative estimate of drug-likeness (QED) is 0.767. The molecule has 1 fully saturated rings. The third kappa shape index (κ3) is 1.92. The van der Waals surface area contributed by atoms with Crippen molar-refractivity contribution in [2.24, 2.45) is 0 Å². The molecule has 1 aliphatic heterocycles. The summed E-state index contributed by atoms with van der Waals surface area (Å²) >= 11 is 0. The fourth-order valence-electron chi connectivity index (χ4n) is 1.73. The maximum Gasteiger partial charge on any atom is 0.129 e. The zero-order chi connectivity index (χ0) is 9.10. The van der Waals surface area contributed by atoms with Crippen molar-refractivity contribution in [3.05, 3.63) is 23.7 Å². The van der Waals surface area contributed by atoms with E-state index in [1.54, 1.807) is 7.11 Å². The van der Waals surface area contributed by atoms with Crippen LogP contribution < -0.4 is 5.32 Å². The number of nitrogens with one attached hydrogen (secondary N) is 1. The molecule has 3 nitrogen and oxygen atoms in total. The highest BCUT2D eigenvalue weighted by Gasteiger charge is 2.19. The van der Waals surface area contributed by atoms with Gasteiger partial charge in [-0.15, -0.1) is 0 Å². The Morgan fingerprint density at radius 3 is 3.23 bits per heavy atom. The number of ether oxygens (including phenoxy) is 1. The molecule has 0 aliphatic carbocycles. The molecule has 1 aromatic heterocycles. The van der Waals surface area contributed by atoms with Gasteiger partial charge in [0.1, 0.15) is 18.1 Å². The van der Waals surface area contributed by atoms with Crippen LogP contribution in [0.2, 0.25) is 0 Å². The zero-order valence-corrected chi connectivity index (χ0v) is 7.88. The van der Waals surface area contributed by atoms with Gasteiger partial charge in [0, 0.05) is 19.6 Å². The van der Waals surface area contributed by atoms with Crippen molar-refractivity contribution in [3.8, 4) is 0 Å². The van der Waals surface area contributed by atoms with Crippen LogP contribution in [0.3, 0.4) is 0 Å². The number of methoxy groups -OCH3 is 1. The fraction of sp³-hybridized carbons (Fsp3) is 0.600. The minimum atomic E-state index is 0.561. The number of hydrogen-bond acceptors (Lipinski definition) is 3. The van der Waals surface area contributed by atoms with Crippen molar-refractivity contribution in [2.75, 3.05) is 20.2 Å². The normalized spacial score (nSPS) is 22.4. The summed E-state index contributed by atoms with van der Waals surface area (Å²) in [4.78, 5) is 0. The largest absolute Gasteiger partial charge is 0.463 e. The molecule has 0 radical (unpaired) electrons. The lowest BCUT2D eigenvalue weighted by Crippen LogP contribution is -2.07. The Kier molecular flexibility index (Phi) is 2.66. The summed E-state index contributed by atoms with van der Waals surface area (Å²) in [7, 11) is 1.68. The summed E-state index contributed by atoms with van der Waals surface area (Å²) in [6.07, 6.45) is 1.18. The Bertz CT molecular complexity index is 264. The molecular formula is C10H15NO2. The van der Waals surface area contributed by atoms with Crippen LogP contribution in [0, 0.1) is 0 Å². The zero-order valence-electron chi connectivity index (χ0n) is 7.88. The Morgan fingerprint density at radius 1 is 1.62 bits per heavy atom. The summed E-state index contributed by atoms with van der Waals surface area (Å²) in [5.41, 5.74) is 0. The third-order valence-corrected chi connectivity index (χ3v) is 2.43. The molecule has 0 amide bonds. The molecule has 1 N–H and O–H groups in total. The summed E-state index contributed by atoms with van der Waals surface area (Å²) < 4.78 is 10.6. The van der Waals surface area contributed by atoms with Gasteiger partial charge in [-0.05, 0) is 25.1 Å². The van der Waals surface area contributed by atoms with Gasteiger partial charge in [0.15, 0.2) is 0 Å². The van der Waals surface area contributed by atoms with E-state index in [-0.39, 0.29) is 0 Å². The second-order valence-corrected chi connectivity index (χ2v) is 3.43. The molecule has 1 atom stereocenters. The van der Waals surface area contributed by atoms with Gasteiger partial charge < -0.3 is 14.5 Å². The van der Waals surface area contributed by atoms with Crippen LogP contribution in [-0.4, -0.2) is 20.2 Å². The van der Waals surface area contributed by atoms with E-state index in [2.05, 4.69) is 11.4 Å². The van der Waals surface area contributed by atoms with E-state index in [1.807, 2.05) is 6.07 Å². The SMILES string of the molecule is COCc1ccc(C2CCNC2)o1. The van der Waals surface area contributed by atoms with Crippen LogP contribution >= 0.6 is 0 Å². The predicted molar refractivity (Wildman–Crippen MR) is 49.6 cm³/mol. The molecule has 1 unspecified atom stereocenters. The average molecular weight is 181 g/mol. The van der Waals surface area contributed by atoms with Crippen LogP contribution in [0.4, 0.5) is 0 Å².